The van der Waals surface area contributed by atoms with Crippen LogP contribution in [0.5, 0.6) is 5.75 Å². The lowest BCUT2D eigenvalue weighted by Gasteiger charge is -2.30. The molecule has 0 aromatic heterocycles. The molecule has 1 saturated heterocycles. The Morgan fingerprint density at radius 1 is 1.07 bits per heavy atom. The van der Waals surface area contributed by atoms with Gasteiger partial charge in [-0.25, -0.2) is 0 Å². The van der Waals surface area contributed by atoms with Crippen LogP contribution in [0, 0.1) is 13.8 Å². The van der Waals surface area contributed by atoms with Crippen LogP contribution in [-0.2, 0) is 4.79 Å². The molecular weight excluding hydrogens is 370 g/mol. The predicted molar refractivity (Wildman–Crippen MR) is 118 cm³/mol. The minimum atomic E-state index is -0.285. The van der Waals surface area contributed by atoms with Gasteiger partial charge in [0.2, 0.25) is 0 Å². The maximum atomic E-state index is 12.2. The molecule has 1 aliphatic heterocycles. The van der Waals surface area contributed by atoms with Gasteiger partial charge in [-0.3, -0.25) is 10.1 Å². The Labute approximate surface area is 172 Å². The zero-order chi connectivity index (χ0) is 19.9. The maximum Gasteiger partial charge on any atom is 0.264 e. The van der Waals surface area contributed by atoms with E-state index in [0.29, 0.717) is 5.75 Å². The molecule has 0 radical (unpaired) electrons. The summed E-state index contributed by atoms with van der Waals surface area (Å²) in [5, 5.41) is 6.13. The van der Waals surface area contributed by atoms with Crippen molar-refractivity contribution in [2.75, 3.05) is 29.9 Å². The van der Waals surface area contributed by atoms with Gasteiger partial charge in [0.25, 0.3) is 5.91 Å². The highest BCUT2D eigenvalue weighted by Crippen LogP contribution is 2.28. The van der Waals surface area contributed by atoms with E-state index in [0.717, 1.165) is 35.6 Å². The van der Waals surface area contributed by atoms with Gasteiger partial charge in [0, 0.05) is 13.1 Å². The fourth-order valence-electron chi connectivity index (χ4n) is 3.47. The molecule has 0 spiro atoms. The molecule has 0 bridgehead atoms. The van der Waals surface area contributed by atoms with Crippen LogP contribution in [0.3, 0.4) is 0 Å². The lowest BCUT2D eigenvalue weighted by atomic mass is 10.1. The number of para-hydroxylation sites is 2. The molecule has 1 aliphatic rings. The van der Waals surface area contributed by atoms with E-state index < -0.39 is 0 Å². The SMILES string of the molecule is Cc1cc(C)cc(OCC(=O)NC(=S)Nc2ccccc2N2CCCCC2)c1. The zero-order valence-electron chi connectivity index (χ0n) is 16.5. The number of rotatable bonds is 5. The molecule has 2 aromatic carbocycles. The maximum absolute atomic E-state index is 12.2. The molecule has 0 atom stereocenters. The van der Waals surface area contributed by atoms with Crippen LogP contribution in [-0.4, -0.2) is 30.7 Å². The number of hydrogen-bond acceptors (Lipinski definition) is 4. The third-order valence-electron chi connectivity index (χ3n) is 4.67. The van der Waals surface area contributed by atoms with Crippen LogP contribution in [0.15, 0.2) is 42.5 Å². The average molecular weight is 398 g/mol. The van der Waals surface area contributed by atoms with Gasteiger partial charge >= 0.3 is 0 Å². The topological polar surface area (TPSA) is 53.6 Å². The largest absolute Gasteiger partial charge is 0.484 e. The standard InChI is InChI=1S/C22H27N3O2S/c1-16-12-17(2)14-18(13-16)27-15-21(26)24-22(28)23-19-8-4-5-9-20(19)25-10-6-3-7-11-25/h4-5,8-9,12-14H,3,6-7,10-11,15H2,1-2H3,(H2,23,24,26,28). The first kappa shape index (κ1) is 20.1. The van der Waals surface area contributed by atoms with Gasteiger partial charge in [0.15, 0.2) is 11.7 Å². The van der Waals surface area contributed by atoms with Crippen LogP contribution in [0.1, 0.15) is 30.4 Å². The summed E-state index contributed by atoms with van der Waals surface area (Å²) in [5.74, 6) is 0.397. The van der Waals surface area contributed by atoms with Crippen molar-refractivity contribution in [1.82, 2.24) is 5.32 Å². The third-order valence-corrected chi connectivity index (χ3v) is 4.87. The highest BCUT2D eigenvalue weighted by molar-refractivity contribution is 7.80. The molecule has 2 N–H and O–H groups in total. The number of hydrogen-bond donors (Lipinski definition) is 2. The molecule has 3 rings (SSSR count). The highest BCUT2D eigenvalue weighted by Gasteiger charge is 2.15. The number of thiocarbonyl (C=S) groups is 1. The van der Waals surface area contributed by atoms with Crippen LogP contribution in [0.4, 0.5) is 11.4 Å². The number of ether oxygens (including phenoxy) is 1. The molecule has 1 amide bonds. The van der Waals surface area contributed by atoms with E-state index in [2.05, 4.69) is 27.7 Å². The van der Waals surface area contributed by atoms with E-state index in [1.807, 2.05) is 44.2 Å². The number of aryl methyl sites for hydroxylation is 2. The number of carbonyl (C=O) groups excluding carboxylic acids is 1. The number of nitrogens with one attached hydrogen (secondary N) is 2. The molecule has 1 heterocycles. The van der Waals surface area contributed by atoms with Gasteiger partial charge < -0.3 is 15.0 Å². The van der Waals surface area contributed by atoms with Gasteiger partial charge in [-0.05, 0) is 80.7 Å². The number of carbonyl (C=O) groups is 1. The summed E-state index contributed by atoms with van der Waals surface area (Å²) in [6.45, 7) is 6.00. The first-order chi connectivity index (χ1) is 13.5. The molecule has 148 valence electrons. The Morgan fingerprint density at radius 3 is 2.46 bits per heavy atom. The predicted octanol–water partition coefficient (Wildman–Crippen LogP) is 4.19. The van der Waals surface area contributed by atoms with Crippen molar-refractivity contribution in [3.8, 4) is 5.75 Å². The Morgan fingerprint density at radius 2 is 1.75 bits per heavy atom. The third kappa shape index (κ3) is 5.70. The second kappa shape index (κ2) is 9.55. The summed E-state index contributed by atoms with van der Waals surface area (Å²) in [6.07, 6.45) is 3.68. The number of amides is 1. The molecule has 0 saturated carbocycles. The van der Waals surface area contributed by atoms with E-state index in [4.69, 9.17) is 17.0 Å². The summed E-state index contributed by atoms with van der Waals surface area (Å²) >= 11 is 5.33. The number of nitrogens with zero attached hydrogens (tertiary/aromatic N) is 1. The minimum absolute atomic E-state index is 0.0848. The van der Waals surface area contributed by atoms with Crippen molar-refractivity contribution >= 4 is 34.6 Å². The van der Waals surface area contributed by atoms with Gasteiger partial charge in [-0.15, -0.1) is 0 Å². The van der Waals surface area contributed by atoms with E-state index >= 15 is 0 Å². The molecule has 0 aliphatic carbocycles. The van der Waals surface area contributed by atoms with Gasteiger partial charge in [-0.1, -0.05) is 18.2 Å². The molecule has 5 nitrogen and oxygen atoms in total. The van der Waals surface area contributed by atoms with Crippen molar-refractivity contribution in [3.63, 3.8) is 0 Å². The summed E-state index contributed by atoms with van der Waals surface area (Å²) in [7, 11) is 0. The number of piperidine rings is 1. The van der Waals surface area contributed by atoms with Crippen molar-refractivity contribution in [2.45, 2.75) is 33.1 Å². The Bertz CT molecular complexity index is 827. The van der Waals surface area contributed by atoms with Crippen molar-refractivity contribution in [3.05, 3.63) is 53.6 Å². The second-order valence-corrected chi connectivity index (χ2v) is 7.59. The summed E-state index contributed by atoms with van der Waals surface area (Å²) in [4.78, 5) is 14.6. The monoisotopic (exact) mass is 397 g/mol. The lowest BCUT2D eigenvalue weighted by molar-refractivity contribution is -0.121. The van der Waals surface area contributed by atoms with Crippen LogP contribution < -0.4 is 20.3 Å². The molecule has 0 unspecified atom stereocenters. The summed E-state index contributed by atoms with van der Waals surface area (Å²) in [6, 6.07) is 13.9. The van der Waals surface area contributed by atoms with Crippen molar-refractivity contribution in [2.24, 2.45) is 0 Å². The fourth-order valence-corrected chi connectivity index (χ4v) is 3.70. The smallest absolute Gasteiger partial charge is 0.264 e. The minimum Gasteiger partial charge on any atom is -0.484 e. The first-order valence-corrected chi connectivity index (χ1v) is 10.1. The number of benzene rings is 2. The van der Waals surface area contributed by atoms with Gasteiger partial charge in [-0.2, -0.15) is 0 Å². The van der Waals surface area contributed by atoms with Gasteiger partial charge in [0.05, 0.1) is 11.4 Å². The molecule has 2 aromatic rings. The van der Waals surface area contributed by atoms with Gasteiger partial charge in [0.1, 0.15) is 5.75 Å². The lowest BCUT2D eigenvalue weighted by Crippen LogP contribution is -2.38. The normalized spacial score (nSPS) is 13.7. The van der Waals surface area contributed by atoms with E-state index in [-0.39, 0.29) is 17.6 Å². The highest BCUT2D eigenvalue weighted by atomic mass is 32.1. The quantitative estimate of drug-likeness (QED) is 0.741. The van der Waals surface area contributed by atoms with Crippen molar-refractivity contribution < 1.29 is 9.53 Å². The fraction of sp³-hybridized carbons (Fsp3) is 0.364. The summed E-state index contributed by atoms with van der Waals surface area (Å²) < 4.78 is 5.59. The first-order valence-electron chi connectivity index (χ1n) is 9.67. The Kier molecular flexibility index (Phi) is 6.87. The average Bonchev–Trinajstić information content (AvgIpc) is 2.67. The van der Waals surface area contributed by atoms with Crippen LogP contribution in [0.2, 0.25) is 0 Å². The Balaban J connectivity index is 1.54. The second-order valence-electron chi connectivity index (χ2n) is 7.18. The molecule has 1 fully saturated rings. The van der Waals surface area contributed by atoms with E-state index in [9.17, 15) is 4.79 Å². The van der Waals surface area contributed by atoms with Crippen molar-refractivity contribution in [1.29, 1.82) is 0 Å². The molecule has 28 heavy (non-hydrogen) atoms. The Hall–Kier alpha value is -2.60. The molecular formula is C22H27N3O2S. The van der Waals surface area contributed by atoms with E-state index in [1.165, 1.54) is 19.3 Å². The van der Waals surface area contributed by atoms with Crippen LogP contribution in [0.25, 0.3) is 0 Å². The number of anilines is 2. The summed E-state index contributed by atoms with van der Waals surface area (Å²) in [5.41, 5.74) is 4.22. The molecule has 6 heteroatoms. The van der Waals surface area contributed by atoms with E-state index in [1.54, 1.807) is 0 Å². The van der Waals surface area contributed by atoms with Crippen LogP contribution >= 0.6 is 12.2 Å². The zero-order valence-corrected chi connectivity index (χ0v) is 17.3.